The number of ether oxygens (including phenoxy) is 1. The molecule has 1 aliphatic heterocycles. The highest BCUT2D eigenvalue weighted by atomic mass is 32.2. The summed E-state index contributed by atoms with van der Waals surface area (Å²) in [5.74, 6) is 1.46. The molecule has 0 radical (unpaired) electrons. The first-order chi connectivity index (χ1) is 15.6. The van der Waals surface area contributed by atoms with Gasteiger partial charge < -0.3 is 15.0 Å². The topological polar surface area (TPSA) is 72.3 Å². The molecule has 2 heterocycles. The van der Waals surface area contributed by atoms with E-state index in [0.717, 1.165) is 54.6 Å². The van der Waals surface area contributed by atoms with Crippen LogP contribution in [0.15, 0.2) is 53.7 Å². The summed E-state index contributed by atoms with van der Waals surface area (Å²) < 4.78 is 7.65. The Morgan fingerprint density at radius 3 is 2.53 bits per heavy atom. The Labute approximate surface area is 193 Å². The van der Waals surface area contributed by atoms with E-state index >= 15 is 0 Å². The lowest BCUT2D eigenvalue weighted by Crippen LogP contribution is -2.32. The summed E-state index contributed by atoms with van der Waals surface area (Å²) in [5, 5.41) is 12.4. The van der Waals surface area contributed by atoms with Gasteiger partial charge in [0, 0.05) is 18.8 Å². The normalized spacial score (nSPS) is 14.8. The largest absolute Gasteiger partial charge is 0.495 e. The highest BCUT2D eigenvalue weighted by Gasteiger charge is 2.26. The predicted molar refractivity (Wildman–Crippen MR) is 129 cm³/mol. The molecule has 3 aromatic rings. The first kappa shape index (κ1) is 22.2. The van der Waals surface area contributed by atoms with Crippen molar-refractivity contribution in [2.45, 2.75) is 43.5 Å². The molecule has 1 N–H and O–H groups in total. The number of aryl methyl sites for hydroxylation is 1. The van der Waals surface area contributed by atoms with Gasteiger partial charge in [0.05, 0.1) is 18.0 Å². The number of nitrogens with zero attached hydrogens (tertiary/aromatic N) is 4. The minimum Gasteiger partial charge on any atom is -0.495 e. The summed E-state index contributed by atoms with van der Waals surface area (Å²) in [5.41, 5.74) is 2.72. The number of hydrogen-bond donors (Lipinski definition) is 1. The van der Waals surface area contributed by atoms with Crippen molar-refractivity contribution in [3.8, 4) is 11.4 Å². The van der Waals surface area contributed by atoms with Crippen molar-refractivity contribution in [2.24, 2.45) is 0 Å². The predicted octanol–water partition coefficient (Wildman–Crippen LogP) is 4.69. The number of nitrogens with one attached hydrogen (secondary N) is 1. The number of carbonyl (C=O) groups excluding carboxylic acids is 1. The van der Waals surface area contributed by atoms with Crippen molar-refractivity contribution in [3.63, 3.8) is 0 Å². The molecule has 1 fully saturated rings. The number of piperidine rings is 1. The standard InChI is InChI=1S/C24H29N5O2S/c1-17-11-5-6-12-19(17)25-22(30)18(2)32-24-27-26-23(28-15-9-4-10-16-28)29(24)20-13-7-8-14-21(20)31-3/h5-8,11-14,18H,4,9-10,15-16H2,1-3H3,(H,25,30). The van der Waals surface area contributed by atoms with E-state index in [1.54, 1.807) is 7.11 Å². The summed E-state index contributed by atoms with van der Waals surface area (Å²) in [7, 11) is 1.66. The van der Waals surface area contributed by atoms with E-state index in [1.165, 1.54) is 18.2 Å². The molecule has 1 unspecified atom stereocenters. The average Bonchev–Trinajstić information content (AvgIpc) is 3.24. The smallest absolute Gasteiger partial charge is 0.237 e. The zero-order valence-corrected chi connectivity index (χ0v) is 19.6. The summed E-state index contributed by atoms with van der Waals surface area (Å²) >= 11 is 1.40. The second-order valence-corrected chi connectivity index (χ2v) is 9.21. The summed E-state index contributed by atoms with van der Waals surface area (Å²) in [6.07, 6.45) is 3.50. The van der Waals surface area contributed by atoms with Gasteiger partial charge in [0.15, 0.2) is 5.16 Å². The van der Waals surface area contributed by atoms with Gasteiger partial charge in [0.25, 0.3) is 0 Å². The number of carbonyl (C=O) groups is 1. The van der Waals surface area contributed by atoms with E-state index in [2.05, 4.69) is 20.4 Å². The Morgan fingerprint density at radius 1 is 1.06 bits per heavy atom. The van der Waals surface area contributed by atoms with Crippen LogP contribution < -0.4 is 15.0 Å². The van der Waals surface area contributed by atoms with Crippen molar-refractivity contribution in [3.05, 3.63) is 54.1 Å². The van der Waals surface area contributed by atoms with Gasteiger partial charge in [-0.2, -0.15) is 0 Å². The Bertz CT molecular complexity index is 1080. The fourth-order valence-electron chi connectivity index (χ4n) is 3.82. The fourth-order valence-corrected chi connectivity index (χ4v) is 4.68. The van der Waals surface area contributed by atoms with Crippen molar-refractivity contribution in [1.82, 2.24) is 14.8 Å². The third-order valence-electron chi connectivity index (χ3n) is 5.64. The van der Waals surface area contributed by atoms with E-state index in [4.69, 9.17) is 4.74 Å². The minimum atomic E-state index is -0.360. The van der Waals surface area contributed by atoms with Gasteiger partial charge in [0.2, 0.25) is 11.9 Å². The monoisotopic (exact) mass is 451 g/mol. The molecule has 32 heavy (non-hydrogen) atoms. The van der Waals surface area contributed by atoms with Crippen LogP contribution in [0, 0.1) is 6.92 Å². The van der Waals surface area contributed by atoms with Crippen molar-refractivity contribution >= 4 is 29.3 Å². The maximum absolute atomic E-state index is 12.9. The van der Waals surface area contributed by atoms with Gasteiger partial charge in [-0.05, 0) is 56.9 Å². The maximum Gasteiger partial charge on any atom is 0.237 e. The number of methoxy groups -OCH3 is 1. The summed E-state index contributed by atoms with van der Waals surface area (Å²) in [4.78, 5) is 15.2. The highest BCUT2D eigenvalue weighted by molar-refractivity contribution is 8.00. The van der Waals surface area contributed by atoms with Crippen molar-refractivity contribution in [2.75, 3.05) is 30.4 Å². The maximum atomic E-state index is 12.9. The Morgan fingerprint density at radius 2 is 1.78 bits per heavy atom. The number of thioether (sulfide) groups is 1. The van der Waals surface area contributed by atoms with Crippen LogP contribution in [-0.4, -0.2) is 46.1 Å². The molecule has 4 rings (SSSR count). The van der Waals surface area contributed by atoms with Gasteiger partial charge in [-0.15, -0.1) is 10.2 Å². The first-order valence-corrected chi connectivity index (χ1v) is 11.8. The number of rotatable bonds is 7. The highest BCUT2D eigenvalue weighted by Crippen LogP contribution is 2.34. The fraction of sp³-hybridized carbons (Fsp3) is 0.375. The number of anilines is 2. The quantitative estimate of drug-likeness (QED) is 0.525. The lowest BCUT2D eigenvalue weighted by molar-refractivity contribution is -0.115. The van der Waals surface area contributed by atoms with Gasteiger partial charge >= 0.3 is 0 Å². The second-order valence-electron chi connectivity index (χ2n) is 7.90. The molecular formula is C24H29N5O2S. The SMILES string of the molecule is COc1ccccc1-n1c(SC(C)C(=O)Nc2ccccc2C)nnc1N1CCCCC1. The lowest BCUT2D eigenvalue weighted by Gasteiger charge is -2.28. The number of hydrogen-bond acceptors (Lipinski definition) is 6. The van der Waals surface area contributed by atoms with Crippen LogP contribution in [0.3, 0.4) is 0 Å². The van der Waals surface area contributed by atoms with Crippen LogP contribution in [0.25, 0.3) is 5.69 Å². The van der Waals surface area contributed by atoms with Crippen LogP contribution >= 0.6 is 11.8 Å². The van der Waals surface area contributed by atoms with E-state index in [0.29, 0.717) is 5.16 Å². The molecule has 0 spiro atoms. The van der Waals surface area contributed by atoms with Crippen LogP contribution in [0.1, 0.15) is 31.7 Å². The van der Waals surface area contributed by atoms with Gasteiger partial charge in [0.1, 0.15) is 5.75 Å². The van der Waals surface area contributed by atoms with Gasteiger partial charge in [-0.25, -0.2) is 0 Å². The Balaban J connectivity index is 1.64. The zero-order chi connectivity index (χ0) is 22.5. The first-order valence-electron chi connectivity index (χ1n) is 11.0. The summed E-state index contributed by atoms with van der Waals surface area (Å²) in [6.45, 7) is 5.76. The molecule has 1 amide bonds. The molecule has 1 aliphatic rings. The molecule has 0 saturated carbocycles. The third kappa shape index (κ3) is 4.75. The molecule has 0 bridgehead atoms. The molecular weight excluding hydrogens is 422 g/mol. The number of benzene rings is 2. The number of amides is 1. The Kier molecular flexibility index (Phi) is 6.99. The summed E-state index contributed by atoms with van der Waals surface area (Å²) in [6, 6.07) is 15.6. The molecule has 168 valence electrons. The molecule has 7 nitrogen and oxygen atoms in total. The number of aromatic nitrogens is 3. The van der Waals surface area contributed by atoms with Crippen molar-refractivity contribution in [1.29, 1.82) is 0 Å². The Hall–Kier alpha value is -3.00. The van der Waals surface area contributed by atoms with Crippen LogP contribution in [-0.2, 0) is 4.79 Å². The molecule has 0 aliphatic carbocycles. The van der Waals surface area contributed by atoms with Crippen LogP contribution in [0.5, 0.6) is 5.75 Å². The molecule has 1 aromatic heterocycles. The molecule has 8 heteroatoms. The van der Waals surface area contributed by atoms with E-state index in [-0.39, 0.29) is 11.2 Å². The van der Waals surface area contributed by atoms with Crippen molar-refractivity contribution < 1.29 is 9.53 Å². The second kappa shape index (κ2) is 10.1. The van der Waals surface area contributed by atoms with Gasteiger partial charge in [-0.3, -0.25) is 9.36 Å². The zero-order valence-electron chi connectivity index (χ0n) is 18.7. The lowest BCUT2D eigenvalue weighted by atomic mass is 10.1. The van der Waals surface area contributed by atoms with E-state index < -0.39 is 0 Å². The molecule has 2 aromatic carbocycles. The minimum absolute atomic E-state index is 0.0709. The van der Waals surface area contributed by atoms with E-state index in [1.807, 2.05) is 66.9 Å². The van der Waals surface area contributed by atoms with Crippen LogP contribution in [0.2, 0.25) is 0 Å². The number of para-hydroxylation sites is 3. The molecule has 1 saturated heterocycles. The van der Waals surface area contributed by atoms with Crippen LogP contribution in [0.4, 0.5) is 11.6 Å². The third-order valence-corrected chi connectivity index (χ3v) is 6.68. The van der Waals surface area contributed by atoms with E-state index in [9.17, 15) is 4.79 Å². The molecule has 1 atom stereocenters. The average molecular weight is 452 g/mol. The van der Waals surface area contributed by atoms with Gasteiger partial charge in [-0.1, -0.05) is 42.1 Å².